The van der Waals surface area contributed by atoms with Crippen molar-refractivity contribution in [1.82, 2.24) is 0 Å². The molecular formula is C8H16N2. The van der Waals surface area contributed by atoms with E-state index in [9.17, 15) is 0 Å². The molecule has 2 nitrogen and oxygen atoms in total. The summed E-state index contributed by atoms with van der Waals surface area (Å²) < 4.78 is 0. The highest BCUT2D eigenvalue weighted by molar-refractivity contribution is 5.14. The lowest BCUT2D eigenvalue weighted by atomic mass is 9.64. The highest BCUT2D eigenvalue weighted by atomic mass is 14.9. The van der Waals surface area contributed by atoms with Crippen molar-refractivity contribution in [1.29, 1.82) is 0 Å². The van der Waals surface area contributed by atoms with Crippen LogP contribution in [-0.2, 0) is 0 Å². The molecule has 2 unspecified atom stereocenters. The van der Waals surface area contributed by atoms with Gasteiger partial charge in [-0.05, 0) is 37.5 Å². The van der Waals surface area contributed by atoms with E-state index >= 15 is 0 Å². The zero-order valence-corrected chi connectivity index (χ0v) is 6.51. The molecule has 2 saturated carbocycles. The Bertz CT molecular complexity index is 149. The third-order valence-corrected chi connectivity index (χ3v) is 3.38. The first-order valence-corrected chi connectivity index (χ1v) is 4.17. The van der Waals surface area contributed by atoms with Gasteiger partial charge in [-0.2, -0.15) is 0 Å². The van der Waals surface area contributed by atoms with E-state index in [1.807, 2.05) is 0 Å². The van der Waals surface area contributed by atoms with Gasteiger partial charge in [0.2, 0.25) is 0 Å². The van der Waals surface area contributed by atoms with Gasteiger partial charge in [-0.25, -0.2) is 0 Å². The van der Waals surface area contributed by atoms with Gasteiger partial charge in [0, 0.05) is 12.1 Å². The molecule has 0 aliphatic heterocycles. The molecule has 2 rings (SSSR count). The molecule has 0 aromatic heterocycles. The van der Waals surface area contributed by atoms with Crippen LogP contribution in [-0.4, -0.2) is 12.1 Å². The summed E-state index contributed by atoms with van der Waals surface area (Å²) in [6.07, 6.45) is 4.01. The first-order valence-electron chi connectivity index (χ1n) is 4.17. The van der Waals surface area contributed by atoms with Crippen molar-refractivity contribution in [2.24, 2.45) is 22.8 Å². The Morgan fingerprint density at radius 3 is 2.40 bits per heavy atom. The zero-order chi connectivity index (χ0) is 7.35. The third-order valence-electron chi connectivity index (χ3n) is 3.38. The molecule has 2 aliphatic carbocycles. The van der Waals surface area contributed by atoms with Gasteiger partial charge < -0.3 is 11.5 Å². The number of hydrogen-bond donors (Lipinski definition) is 2. The standard InChI is InChI=1S/C8H16N2/c1-5(9)6-4-8(2-3-8)7(6)10/h5-7H,2-4,9-10H2,1H3/t5?,6?,7-/m0/s1. The van der Waals surface area contributed by atoms with Gasteiger partial charge in [0.05, 0.1) is 0 Å². The normalized spacial score (nSPS) is 44.7. The van der Waals surface area contributed by atoms with Crippen LogP contribution in [0.4, 0.5) is 0 Å². The molecule has 0 aromatic rings. The molecule has 0 saturated heterocycles. The molecule has 2 aliphatic rings. The molecular weight excluding hydrogens is 124 g/mol. The molecule has 3 atom stereocenters. The molecule has 0 heterocycles. The second kappa shape index (κ2) is 1.74. The van der Waals surface area contributed by atoms with Crippen LogP contribution < -0.4 is 11.5 Å². The van der Waals surface area contributed by atoms with Gasteiger partial charge in [-0.3, -0.25) is 0 Å². The average molecular weight is 140 g/mol. The highest BCUT2D eigenvalue weighted by Gasteiger charge is 2.59. The summed E-state index contributed by atoms with van der Waals surface area (Å²) >= 11 is 0. The fourth-order valence-electron chi connectivity index (χ4n) is 2.24. The van der Waals surface area contributed by atoms with Crippen molar-refractivity contribution in [3.63, 3.8) is 0 Å². The van der Waals surface area contributed by atoms with Crippen LogP contribution in [0, 0.1) is 11.3 Å². The maximum Gasteiger partial charge on any atom is 0.0139 e. The lowest BCUT2D eigenvalue weighted by Crippen LogP contribution is -2.56. The molecule has 0 bridgehead atoms. The monoisotopic (exact) mass is 140 g/mol. The summed E-state index contributed by atoms with van der Waals surface area (Å²) in [6, 6.07) is 0.730. The molecule has 1 spiro atoms. The Morgan fingerprint density at radius 2 is 2.10 bits per heavy atom. The minimum atomic E-state index is 0.307. The Balaban J connectivity index is 1.96. The quantitative estimate of drug-likeness (QED) is 0.556. The zero-order valence-electron chi connectivity index (χ0n) is 6.51. The fraction of sp³-hybridized carbons (Fsp3) is 1.00. The Kier molecular flexibility index (Phi) is 1.15. The summed E-state index contributed by atoms with van der Waals surface area (Å²) in [7, 11) is 0. The molecule has 0 aromatic carbocycles. The summed E-state index contributed by atoms with van der Waals surface area (Å²) in [5.41, 5.74) is 12.3. The Hall–Kier alpha value is -0.0800. The SMILES string of the molecule is CC(N)C1CC2(CC2)[C@H]1N. The number of rotatable bonds is 1. The summed E-state index contributed by atoms with van der Waals surface area (Å²) in [5.74, 6) is 0.613. The number of hydrogen-bond acceptors (Lipinski definition) is 2. The van der Waals surface area contributed by atoms with Crippen molar-refractivity contribution >= 4 is 0 Å². The molecule has 2 fully saturated rings. The smallest absolute Gasteiger partial charge is 0.0139 e. The third kappa shape index (κ3) is 0.663. The maximum absolute atomic E-state index is 5.98. The summed E-state index contributed by atoms with van der Waals surface area (Å²) in [5, 5.41) is 0. The van der Waals surface area contributed by atoms with Crippen LogP contribution in [0.2, 0.25) is 0 Å². The minimum absolute atomic E-state index is 0.307. The number of nitrogens with two attached hydrogens (primary N) is 2. The van der Waals surface area contributed by atoms with Crippen molar-refractivity contribution < 1.29 is 0 Å². The predicted octanol–water partition coefficient (Wildman–Crippen LogP) is 0.461. The molecule has 10 heavy (non-hydrogen) atoms. The van der Waals surface area contributed by atoms with E-state index in [1.165, 1.54) is 19.3 Å². The van der Waals surface area contributed by atoms with Gasteiger partial charge in [-0.1, -0.05) is 0 Å². The minimum Gasteiger partial charge on any atom is -0.328 e. The molecule has 58 valence electrons. The molecule has 0 radical (unpaired) electrons. The van der Waals surface area contributed by atoms with Gasteiger partial charge in [0.1, 0.15) is 0 Å². The summed E-state index contributed by atoms with van der Waals surface area (Å²) in [6.45, 7) is 2.07. The van der Waals surface area contributed by atoms with Gasteiger partial charge in [0.25, 0.3) is 0 Å². The van der Waals surface area contributed by atoms with Crippen molar-refractivity contribution in [2.75, 3.05) is 0 Å². The van der Waals surface area contributed by atoms with Crippen LogP contribution in [0.15, 0.2) is 0 Å². The van der Waals surface area contributed by atoms with Gasteiger partial charge >= 0.3 is 0 Å². The van der Waals surface area contributed by atoms with Gasteiger partial charge in [-0.15, -0.1) is 0 Å². The van der Waals surface area contributed by atoms with Crippen LogP contribution >= 0.6 is 0 Å². The van der Waals surface area contributed by atoms with Crippen molar-refractivity contribution in [3.05, 3.63) is 0 Å². The van der Waals surface area contributed by atoms with E-state index in [0.717, 1.165) is 0 Å². The van der Waals surface area contributed by atoms with Crippen molar-refractivity contribution in [2.45, 2.75) is 38.3 Å². The predicted molar refractivity (Wildman–Crippen MR) is 41.4 cm³/mol. The van der Waals surface area contributed by atoms with E-state index in [0.29, 0.717) is 23.4 Å². The van der Waals surface area contributed by atoms with E-state index < -0.39 is 0 Å². The maximum atomic E-state index is 5.98. The summed E-state index contributed by atoms with van der Waals surface area (Å²) in [4.78, 5) is 0. The van der Waals surface area contributed by atoms with Gasteiger partial charge in [0.15, 0.2) is 0 Å². The van der Waals surface area contributed by atoms with Crippen LogP contribution in [0.1, 0.15) is 26.2 Å². The Morgan fingerprint density at radius 1 is 1.50 bits per heavy atom. The lowest BCUT2D eigenvalue weighted by Gasteiger charge is -2.45. The molecule has 4 N–H and O–H groups in total. The topological polar surface area (TPSA) is 52.0 Å². The highest BCUT2D eigenvalue weighted by Crippen LogP contribution is 2.62. The molecule has 0 amide bonds. The second-order valence-corrected chi connectivity index (χ2v) is 4.12. The Labute approximate surface area is 62.0 Å². The first-order chi connectivity index (χ1) is 4.66. The largest absolute Gasteiger partial charge is 0.328 e. The lowest BCUT2D eigenvalue weighted by molar-refractivity contribution is 0.101. The van der Waals surface area contributed by atoms with E-state index in [-0.39, 0.29) is 0 Å². The fourth-order valence-corrected chi connectivity index (χ4v) is 2.24. The van der Waals surface area contributed by atoms with E-state index in [1.54, 1.807) is 0 Å². The van der Waals surface area contributed by atoms with E-state index in [4.69, 9.17) is 11.5 Å². The van der Waals surface area contributed by atoms with E-state index in [2.05, 4.69) is 6.92 Å². The first kappa shape index (κ1) is 6.62. The van der Waals surface area contributed by atoms with Crippen molar-refractivity contribution in [3.8, 4) is 0 Å². The van der Waals surface area contributed by atoms with Crippen LogP contribution in [0.5, 0.6) is 0 Å². The van der Waals surface area contributed by atoms with Crippen LogP contribution in [0.25, 0.3) is 0 Å². The second-order valence-electron chi connectivity index (χ2n) is 4.12. The molecule has 2 heteroatoms. The average Bonchev–Trinajstić information content (AvgIpc) is 2.62. The van der Waals surface area contributed by atoms with Crippen LogP contribution in [0.3, 0.4) is 0 Å².